The molecule has 0 saturated heterocycles. The molecule has 4 heterocycles. The number of para-hydroxylation sites is 2. The molecule has 8 aromatic carbocycles. The molecule has 4 aromatic heterocycles. The number of hydrogen-bond donors (Lipinski definition) is 0. The van der Waals surface area contributed by atoms with Gasteiger partial charge in [-0.05, 0) is 84.4 Å². The summed E-state index contributed by atoms with van der Waals surface area (Å²) in [6.45, 7) is 0. The number of nitrogens with zero attached hydrogens (tertiary/aromatic N) is 2. The minimum absolute atomic E-state index is 0.586. The van der Waals surface area contributed by atoms with E-state index in [2.05, 4.69) is 114 Å². The maximum atomic E-state index is 6.61. The minimum atomic E-state index is 0.586. The summed E-state index contributed by atoms with van der Waals surface area (Å²) in [4.78, 5) is 7.34. The van der Waals surface area contributed by atoms with Crippen molar-refractivity contribution in [1.29, 1.82) is 0 Å². The Hall–Kier alpha value is -7.15. The fraction of sp³-hybridized carbons (Fsp3) is 0. The number of rotatable bonds is 5. The van der Waals surface area contributed by atoms with E-state index in [9.17, 15) is 0 Å². The van der Waals surface area contributed by atoms with Gasteiger partial charge in [-0.2, -0.15) is 0 Å². The van der Waals surface area contributed by atoms with Crippen LogP contribution in [0.2, 0.25) is 0 Å². The van der Waals surface area contributed by atoms with Crippen molar-refractivity contribution >= 4 is 104 Å². The van der Waals surface area contributed by atoms with Crippen molar-refractivity contribution in [3.05, 3.63) is 170 Å². The van der Waals surface area contributed by atoms with Crippen LogP contribution in [0.25, 0.3) is 97.7 Å². The van der Waals surface area contributed by atoms with Crippen LogP contribution < -0.4 is 4.90 Å². The molecule has 0 atom stereocenters. The molecule has 0 N–H and O–H groups in total. The maximum Gasteiger partial charge on any atom is 0.227 e. The first kappa shape index (κ1) is 30.3. The molecule has 12 aromatic rings. The number of furan rings is 2. The summed E-state index contributed by atoms with van der Waals surface area (Å²) in [5.74, 6) is 0.586. The van der Waals surface area contributed by atoms with E-state index in [4.69, 9.17) is 18.2 Å². The predicted molar refractivity (Wildman–Crippen MR) is 227 cm³/mol. The van der Waals surface area contributed by atoms with Crippen LogP contribution in [-0.4, -0.2) is 4.98 Å². The lowest BCUT2D eigenvalue weighted by Gasteiger charge is -2.26. The molecule has 0 aliphatic rings. The fourth-order valence-corrected chi connectivity index (χ4v) is 9.28. The van der Waals surface area contributed by atoms with E-state index in [-0.39, 0.29) is 0 Å². The van der Waals surface area contributed by atoms with Crippen molar-refractivity contribution < 1.29 is 13.3 Å². The van der Waals surface area contributed by atoms with Gasteiger partial charge in [0.25, 0.3) is 0 Å². The first-order chi connectivity index (χ1) is 27.2. The first-order valence-corrected chi connectivity index (χ1v) is 19.1. The Kier molecular flexibility index (Phi) is 6.44. The molecule has 0 bridgehead atoms. The Labute approximate surface area is 317 Å². The topological polar surface area (TPSA) is 55.6 Å². The molecular weight excluding hydrogens is 697 g/mol. The van der Waals surface area contributed by atoms with Crippen LogP contribution in [0, 0.1) is 0 Å². The third-order valence-electron chi connectivity index (χ3n) is 10.7. The Bertz CT molecular complexity index is 3440. The number of hydrogen-bond acceptors (Lipinski definition) is 6. The van der Waals surface area contributed by atoms with Gasteiger partial charge in [0.1, 0.15) is 27.8 Å². The molecule has 6 heteroatoms. The molecule has 55 heavy (non-hydrogen) atoms. The summed E-state index contributed by atoms with van der Waals surface area (Å²) in [5, 5.41) is 6.70. The first-order valence-electron chi connectivity index (χ1n) is 18.3. The Balaban J connectivity index is 1.04. The smallest absolute Gasteiger partial charge is 0.227 e. The highest BCUT2D eigenvalue weighted by atomic mass is 32.1. The average Bonchev–Trinajstić information content (AvgIpc) is 4.02. The Morgan fingerprint density at radius 2 is 1.07 bits per heavy atom. The normalized spacial score (nSPS) is 12.0. The fourth-order valence-electron chi connectivity index (χ4n) is 8.14. The minimum Gasteiger partial charge on any atom is -0.456 e. The molecule has 0 spiro atoms. The highest BCUT2D eigenvalue weighted by molar-refractivity contribution is 7.25. The molecule has 258 valence electrons. The van der Waals surface area contributed by atoms with Gasteiger partial charge >= 0.3 is 0 Å². The third kappa shape index (κ3) is 4.68. The number of benzene rings is 8. The summed E-state index contributed by atoms with van der Waals surface area (Å²) < 4.78 is 21.8. The van der Waals surface area contributed by atoms with Crippen molar-refractivity contribution in [2.75, 3.05) is 4.90 Å². The van der Waals surface area contributed by atoms with Crippen LogP contribution in [0.3, 0.4) is 0 Å². The van der Waals surface area contributed by atoms with Crippen LogP contribution >= 0.6 is 11.3 Å². The lowest BCUT2D eigenvalue weighted by Crippen LogP contribution is -2.09. The van der Waals surface area contributed by atoms with E-state index in [1.165, 1.54) is 20.2 Å². The number of oxazole rings is 1. The average molecular weight is 725 g/mol. The molecule has 12 rings (SSSR count). The summed E-state index contributed by atoms with van der Waals surface area (Å²) in [7, 11) is 0. The Morgan fingerprint density at radius 1 is 0.418 bits per heavy atom. The highest BCUT2D eigenvalue weighted by Gasteiger charge is 2.22. The molecule has 0 unspecified atom stereocenters. The van der Waals surface area contributed by atoms with E-state index in [0.29, 0.717) is 5.89 Å². The second kappa shape index (κ2) is 11.7. The van der Waals surface area contributed by atoms with Crippen molar-refractivity contribution in [2.24, 2.45) is 0 Å². The molecule has 0 fully saturated rings. The lowest BCUT2D eigenvalue weighted by atomic mass is 10.0. The summed E-state index contributed by atoms with van der Waals surface area (Å²) >= 11 is 1.83. The Morgan fingerprint density at radius 3 is 1.93 bits per heavy atom. The van der Waals surface area contributed by atoms with Crippen LogP contribution in [0.15, 0.2) is 183 Å². The largest absolute Gasteiger partial charge is 0.456 e. The van der Waals surface area contributed by atoms with Gasteiger partial charge in [-0.3, -0.25) is 0 Å². The summed E-state index contributed by atoms with van der Waals surface area (Å²) in [5.41, 5.74) is 10.9. The summed E-state index contributed by atoms with van der Waals surface area (Å²) in [6.07, 6.45) is 0. The molecule has 0 aliphatic carbocycles. The van der Waals surface area contributed by atoms with Crippen molar-refractivity contribution in [1.82, 2.24) is 4.98 Å². The van der Waals surface area contributed by atoms with E-state index >= 15 is 0 Å². The van der Waals surface area contributed by atoms with Gasteiger partial charge in [0.05, 0.1) is 5.39 Å². The lowest BCUT2D eigenvalue weighted by molar-refractivity contribution is 0.619. The molecule has 0 aliphatic heterocycles. The number of aromatic nitrogens is 1. The van der Waals surface area contributed by atoms with Gasteiger partial charge in [0.15, 0.2) is 5.58 Å². The van der Waals surface area contributed by atoms with Gasteiger partial charge < -0.3 is 18.2 Å². The SMILES string of the molecule is c1ccc(-c2nc3c(cc(-c4ccc(N(c5ccc6c(c5)sc5ccccc56)c5ccc6oc7ccccc7c6c5)cc4)c4oc5ccccc5c43)o2)cc1. The van der Waals surface area contributed by atoms with Crippen molar-refractivity contribution in [3.63, 3.8) is 0 Å². The van der Waals surface area contributed by atoms with Crippen LogP contribution in [0.1, 0.15) is 0 Å². The number of thiophene rings is 1. The van der Waals surface area contributed by atoms with Crippen LogP contribution in [0.4, 0.5) is 17.1 Å². The zero-order chi connectivity index (χ0) is 36.0. The molecule has 0 saturated carbocycles. The highest BCUT2D eigenvalue weighted by Crippen LogP contribution is 2.45. The predicted octanol–water partition coefficient (Wildman–Crippen LogP) is 14.8. The monoisotopic (exact) mass is 724 g/mol. The molecule has 0 radical (unpaired) electrons. The van der Waals surface area contributed by atoms with Crippen molar-refractivity contribution in [2.45, 2.75) is 0 Å². The second-order valence-electron chi connectivity index (χ2n) is 13.9. The second-order valence-corrected chi connectivity index (χ2v) is 15.0. The van der Waals surface area contributed by atoms with E-state index in [1.807, 2.05) is 72.0 Å². The van der Waals surface area contributed by atoms with Gasteiger partial charge in [-0.15, -0.1) is 11.3 Å². The molecular formula is C49H28N2O3S. The van der Waals surface area contributed by atoms with Crippen LogP contribution in [0.5, 0.6) is 0 Å². The van der Waals surface area contributed by atoms with E-state index in [0.717, 1.165) is 88.7 Å². The summed E-state index contributed by atoms with van der Waals surface area (Å²) in [6, 6.07) is 59.1. The zero-order valence-corrected chi connectivity index (χ0v) is 30.0. The molecule has 0 amide bonds. The maximum absolute atomic E-state index is 6.61. The van der Waals surface area contributed by atoms with E-state index in [1.54, 1.807) is 0 Å². The van der Waals surface area contributed by atoms with Gasteiger partial charge in [0.2, 0.25) is 5.89 Å². The number of anilines is 3. The van der Waals surface area contributed by atoms with Crippen LogP contribution in [-0.2, 0) is 0 Å². The quantitative estimate of drug-likeness (QED) is 0.177. The number of fused-ring (bicyclic) bond motifs is 11. The third-order valence-corrected chi connectivity index (χ3v) is 11.8. The van der Waals surface area contributed by atoms with E-state index < -0.39 is 0 Å². The molecule has 5 nitrogen and oxygen atoms in total. The van der Waals surface area contributed by atoms with Gasteiger partial charge in [0, 0.05) is 64.5 Å². The van der Waals surface area contributed by atoms with Gasteiger partial charge in [-0.25, -0.2) is 4.98 Å². The van der Waals surface area contributed by atoms with Crippen molar-refractivity contribution in [3.8, 4) is 22.6 Å². The van der Waals surface area contributed by atoms with Gasteiger partial charge in [-0.1, -0.05) is 91.0 Å². The zero-order valence-electron chi connectivity index (χ0n) is 29.2. The standard InChI is InChI=1S/C49H28N2O3S/c1-2-10-30(11-3-1)49-50-47-43(54-49)28-38(48-46(47)37-14-5-8-16-41(37)53-48)29-18-20-31(21-19-29)51(32-23-25-42-39(26-32)34-12-4-7-15-40(34)52-42)33-22-24-36-35-13-6-9-17-44(35)55-45(36)27-33/h1-28H.